The van der Waals surface area contributed by atoms with Gasteiger partial charge in [0.15, 0.2) is 11.6 Å². The van der Waals surface area contributed by atoms with Crippen LogP contribution in [0.3, 0.4) is 0 Å². The van der Waals surface area contributed by atoms with Crippen LogP contribution in [0.25, 0.3) is 43.1 Å². The fourth-order valence-corrected chi connectivity index (χ4v) is 7.11. The van der Waals surface area contributed by atoms with Crippen LogP contribution < -0.4 is 4.90 Å². The molecule has 0 saturated heterocycles. The first kappa shape index (κ1) is 22.1. The van der Waals surface area contributed by atoms with Crippen molar-refractivity contribution in [2.75, 3.05) is 4.90 Å². The number of ketones is 2. The number of rotatable bonds is 1. The second kappa shape index (κ2) is 7.14. The molecule has 2 amide bonds. The van der Waals surface area contributed by atoms with Crippen LogP contribution >= 0.6 is 0 Å². The largest absolute Gasteiger partial charge is 0.294 e. The van der Waals surface area contributed by atoms with Crippen molar-refractivity contribution in [1.82, 2.24) is 0 Å². The van der Waals surface area contributed by atoms with Gasteiger partial charge in [0.05, 0.1) is 12.1 Å². The number of imide groups is 1. The molecule has 6 aromatic rings. The molecule has 5 heteroatoms. The summed E-state index contributed by atoms with van der Waals surface area (Å²) in [5, 5.41) is 6.68. The average molecular weight is 508 g/mol. The third-order valence-corrected chi connectivity index (χ3v) is 8.55. The zero-order valence-electron chi connectivity index (χ0n) is 21.6. The van der Waals surface area contributed by atoms with Gasteiger partial charge in [-0.2, -0.15) is 0 Å². The standard InChI is InChI=1S/C34H21NO4/c1-15-12-16(2)32(17(3)13-15)35-33(38)24-10-6-20-18-4-8-22-26(36)14-27(37)23-9-5-19(28(18)30(22)23)21-7-11-25(34(35)39)31(24)29(20)21/h4-13H,14H2,1-3H3. The van der Waals surface area contributed by atoms with Crippen LogP contribution in [0.15, 0.2) is 60.7 Å². The van der Waals surface area contributed by atoms with Crippen molar-refractivity contribution in [1.29, 1.82) is 0 Å². The van der Waals surface area contributed by atoms with E-state index in [2.05, 4.69) is 0 Å². The number of hydrogen-bond donors (Lipinski definition) is 0. The van der Waals surface area contributed by atoms with Crippen LogP contribution in [0.2, 0.25) is 0 Å². The van der Waals surface area contributed by atoms with E-state index in [4.69, 9.17) is 0 Å². The van der Waals surface area contributed by atoms with Gasteiger partial charge in [-0.1, -0.05) is 54.1 Å². The predicted molar refractivity (Wildman–Crippen MR) is 153 cm³/mol. The number of Topliss-reactive ketones (excluding diaryl/α,β-unsaturated/α-hetero) is 2. The lowest BCUT2D eigenvalue weighted by Crippen LogP contribution is -2.41. The van der Waals surface area contributed by atoms with E-state index in [1.54, 1.807) is 12.1 Å². The van der Waals surface area contributed by atoms with Crippen LogP contribution in [0.1, 0.15) is 64.5 Å². The predicted octanol–water partition coefficient (Wildman–Crippen LogP) is 7.23. The van der Waals surface area contributed by atoms with Crippen molar-refractivity contribution in [3.8, 4) is 0 Å². The van der Waals surface area contributed by atoms with Gasteiger partial charge in [-0.05, 0) is 76.3 Å². The Hall–Kier alpha value is -4.90. The molecule has 8 rings (SSSR count). The summed E-state index contributed by atoms with van der Waals surface area (Å²) >= 11 is 0. The van der Waals surface area contributed by atoms with E-state index in [0.29, 0.717) is 38.7 Å². The first-order valence-corrected chi connectivity index (χ1v) is 13.0. The molecule has 2 aliphatic rings. The lowest BCUT2D eigenvalue weighted by molar-refractivity contribution is 0.0875. The number of anilines is 1. The Labute approximate surface area is 223 Å². The monoisotopic (exact) mass is 507 g/mol. The molecular formula is C34H21NO4. The van der Waals surface area contributed by atoms with Crippen molar-refractivity contribution in [3.63, 3.8) is 0 Å². The van der Waals surface area contributed by atoms with E-state index in [1.165, 1.54) is 4.90 Å². The molecule has 0 radical (unpaired) electrons. The summed E-state index contributed by atoms with van der Waals surface area (Å²) in [6.45, 7) is 5.85. The van der Waals surface area contributed by atoms with Gasteiger partial charge >= 0.3 is 0 Å². The molecule has 1 heterocycles. The second-order valence-corrected chi connectivity index (χ2v) is 10.9. The second-order valence-electron chi connectivity index (χ2n) is 10.9. The smallest absolute Gasteiger partial charge is 0.266 e. The molecular weight excluding hydrogens is 486 g/mol. The number of fused-ring (bicyclic) bond motifs is 2. The van der Waals surface area contributed by atoms with E-state index in [9.17, 15) is 19.2 Å². The number of aryl methyl sites for hydroxylation is 3. The zero-order chi connectivity index (χ0) is 26.9. The Balaban J connectivity index is 1.49. The summed E-state index contributed by atoms with van der Waals surface area (Å²) in [7, 11) is 0. The van der Waals surface area contributed by atoms with Crippen LogP contribution in [0.4, 0.5) is 5.69 Å². The molecule has 0 N–H and O–H groups in total. The van der Waals surface area contributed by atoms with Gasteiger partial charge in [0, 0.05) is 33.0 Å². The lowest BCUT2D eigenvalue weighted by atomic mass is 9.80. The first-order chi connectivity index (χ1) is 18.8. The summed E-state index contributed by atoms with van der Waals surface area (Å²) in [4.78, 5) is 54.9. The Kier molecular flexibility index (Phi) is 4.05. The Morgan fingerprint density at radius 1 is 0.513 bits per heavy atom. The van der Waals surface area contributed by atoms with Crippen LogP contribution in [0, 0.1) is 20.8 Å². The van der Waals surface area contributed by atoms with E-state index >= 15 is 0 Å². The van der Waals surface area contributed by atoms with Gasteiger partial charge in [0.25, 0.3) is 11.8 Å². The van der Waals surface area contributed by atoms with Crippen LogP contribution in [0.5, 0.6) is 0 Å². The zero-order valence-corrected chi connectivity index (χ0v) is 21.6. The van der Waals surface area contributed by atoms with E-state index in [1.807, 2.05) is 69.3 Å². The van der Waals surface area contributed by atoms with Gasteiger partial charge in [0.2, 0.25) is 0 Å². The molecule has 1 aliphatic carbocycles. The van der Waals surface area contributed by atoms with E-state index < -0.39 is 0 Å². The number of amides is 2. The summed E-state index contributed by atoms with van der Waals surface area (Å²) in [5.41, 5.74) is 5.59. The highest BCUT2D eigenvalue weighted by Gasteiger charge is 2.37. The fourth-order valence-electron chi connectivity index (χ4n) is 7.11. The Morgan fingerprint density at radius 3 is 1.33 bits per heavy atom. The highest BCUT2D eigenvalue weighted by atomic mass is 16.2. The SMILES string of the molecule is Cc1cc(C)c(N2C(=O)c3ccc4c5ccc6c7c(ccc(c8ccc(c3c48)C2=O)c75)C(=O)CC6=O)c(C)c1. The minimum atomic E-state index is -0.335. The van der Waals surface area contributed by atoms with Gasteiger partial charge in [-0.15, -0.1) is 0 Å². The molecule has 1 aliphatic heterocycles. The highest BCUT2D eigenvalue weighted by Crippen LogP contribution is 2.46. The highest BCUT2D eigenvalue weighted by molar-refractivity contribution is 6.44. The van der Waals surface area contributed by atoms with Crippen molar-refractivity contribution in [2.24, 2.45) is 0 Å². The Morgan fingerprint density at radius 2 is 0.897 bits per heavy atom. The van der Waals surface area contributed by atoms with Crippen LogP contribution in [-0.4, -0.2) is 23.4 Å². The lowest BCUT2D eigenvalue weighted by Gasteiger charge is -2.31. The maximum atomic E-state index is 14.0. The summed E-state index contributed by atoms with van der Waals surface area (Å²) in [5.74, 6) is -0.993. The van der Waals surface area contributed by atoms with E-state index in [0.717, 1.165) is 49.0 Å². The summed E-state index contributed by atoms with van der Waals surface area (Å²) in [6.07, 6.45) is -0.111. The fraction of sp³-hybridized carbons (Fsp3) is 0.118. The minimum absolute atomic E-state index is 0.111. The first-order valence-electron chi connectivity index (χ1n) is 13.0. The molecule has 0 saturated carbocycles. The minimum Gasteiger partial charge on any atom is -0.294 e. The number of benzene rings is 6. The van der Waals surface area contributed by atoms with Gasteiger partial charge in [-0.25, -0.2) is 4.90 Å². The van der Waals surface area contributed by atoms with Crippen molar-refractivity contribution in [2.45, 2.75) is 27.2 Å². The van der Waals surface area contributed by atoms with Gasteiger partial charge < -0.3 is 0 Å². The van der Waals surface area contributed by atoms with Gasteiger partial charge in [0.1, 0.15) is 0 Å². The van der Waals surface area contributed by atoms with Crippen molar-refractivity contribution >= 4 is 72.2 Å². The number of carbonyl (C=O) groups excluding carboxylic acids is 4. The average Bonchev–Trinajstić information content (AvgIpc) is 2.90. The van der Waals surface area contributed by atoms with E-state index in [-0.39, 0.29) is 29.8 Å². The molecule has 0 aromatic heterocycles. The molecule has 0 bridgehead atoms. The van der Waals surface area contributed by atoms with Crippen molar-refractivity contribution in [3.05, 3.63) is 99.6 Å². The molecule has 0 unspecified atom stereocenters. The third-order valence-electron chi connectivity index (χ3n) is 8.55. The van der Waals surface area contributed by atoms with Crippen LogP contribution in [-0.2, 0) is 0 Å². The molecule has 0 fully saturated rings. The maximum Gasteiger partial charge on any atom is 0.266 e. The molecule has 0 atom stereocenters. The third kappa shape index (κ3) is 2.59. The number of carbonyl (C=O) groups is 4. The molecule has 39 heavy (non-hydrogen) atoms. The van der Waals surface area contributed by atoms with Gasteiger partial charge in [-0.3, -0.25) is 19.2 Å². The maximum absolute atomic E-state index is 14.0. The summed E-state index contributed by atoms with van der Waals surface area (Å²) in [6, 6.07) is 18.9. The van der Waals surface area contributed by atoms with Crippen molar-refractivity contribution < 1.29 is 19.2 Å². The summed E-state index contributed by atoms with van der Waals surface area (Å²) < 4.78 is 0. The topological polar surface area (TPSA) is 71.5 Å². The molecule has 5 nitrogen and oxygen atoms in total. The quantitative estimate of drug-likeness (QED) is 0.102. The molecule has 0 spiro atoms. The number of hydrogen-bond acceptors (Lipinski definition) is 4. The normalized spacial score (nSPS) is 15.1. The number of nitrogens with zero attached hydrogens (tertiary/aromatic N) is 1. The Bertz CT molecular complexity index is 2060. The molecule has 6 aromatic carbocycles. The molecule has 186 valence electrons.